The van der Waals surface area contributed by atoms with E-state index in [4.69, 9.17) is 0 Å². The average molecular weight is 332 g/mol. The number of nitrogens with zero attached hydrogens (tertiary/aromatic N) is 1. The molecule has 1 saturated heterocycles. The zero-order chi connectivity index (χ0) is 16.5. The first kappa shape index (κ1) is 16.8. The molecule has 1 aromatic rings. The van der Waals surface area contributed by atoms with E-state index < -0.39 is 32.5 Å². The van der Waals surface area contributed by atoms with Crippen LogP contribution >= 0.6 is 0 Å². The van der Waals surface area contributed by atoms with Crippen LogP contribution in [-0.4, -0.2) is 31.2 Å². The lowest BCUT2D eigenvalue weighted by molar-refractivity contribution is -0.114. The maximum atomic E-state index is 14.1. The minimum absolute atomic E-state index is 0.116. The third-order valence-corrected chi connectivity index (χ3v) is 5.68. The predicted octanol–water partition coefficient (Wildman–Crippen LogP) is 2.49. The van der Waals surface area contributed by atoms with Crippen LogP contribution in [0, 0.1) is 11.6 Å². The fraction of sp³-hybridized carbons (Fsp3) is 0.500. The number of carbonyl (C=O) groups excluding carboxylic acids is 1. The summed E-state index contributed by atoms with van der Waals surface area (Å²) in [6.45, 7) is 3.29. The van der Waals surface area contributed by atoms with Crippen molar-refractivity contribution in [1.82, 2.24) is 4.31 Å². The normalized spacial score (nSPS) is 19.4. The fourth-order valence-corrected chi connectivity index (χ4v) is 4.59. The summed E-state index contributed by atoms with van der Waals surface area (Å²) in [6, 6.07) is 1.39. The number of benzene rings is 1. The first-order valence-corrected chi connectivity index (χ1v) is 8.49. The Kier molecular flexibility index (Phi) is 4.81. The highest BCUT2D eigenvalue weighted by molar-refractivity contribution is 7.89. The van der Waals surface area contributed by atoms with E-state index >= 15 is 0 Å². The zero-order valence-corrected chi connectivity index (χ0v) is 13.2. The van der Waals surface area contributed by atoms with Crippen molar-refractivity contribution in [3.8, 4) is 0 Å². The van der Waals surface area contributed by atoms with E-state index in [0.717, 1.165) is 16.4 Å². The minimum atomic E-state index is -4.24. The Labute approximate surface area is 128 Å². The van der Waals surface area contributed by atoms with Crippen LogP contribution in [0.1, 0.15) is 33.1 Å². The van der Waals surface area contributed by atoms with Crippen LogP contribution in [0.4, 0.5) is 14.5 Å². The van der Waals surface area contributed by atoms with Gasteiger partial charge in [0.15, 0.2) is 4.90 Å². The molecule has 0 saturated carbocycles. The molecule has 2 rings (SSSR count). The summed E-state index contributed by atoms with van der Waals surface area (Å²) < 4.78 is 54.5. The van der Waals surface area contributed by atoms with Gasteiger partial charge in [-0.1, -0.05) is 6.92 Å². The molecule has 1 aliphatic heterocycles. The summed E-state index contributed by atoms with van der Waals surface area (Å²) in [7, 11) is -4.24. The number of nitrogens with one attached hydrogen (secondary N) is 1. The molecule has 1 atom stereocenters. The summed E-state index contributed by atoms with van der Waals surface area (Å²) in [4.78, 5) is 9.97. The number of carbonyl (C=O) groups is 1. The van der Waals surface area contributed by atoms with Crippen molar-refractivity contribution >= 4 is 21.6 Å². The minimum Gasteiger partial charge on any atom is -0.326 e. The number of anilines is 1. The van der Waals surface area contributed by atoms with Gasteiger partial charge in [-0.25, -0.2) is 17.2 Å². The zero-order valence-electron chi connectivity index (χ0n) is 12.4. The third-order valence-electron chi connectivity index (χ3n) is 3.68. The van der Waals surface area contributed by atoms with Crippen LogP contribution in [0.15, 0.2) is 17.0 Å². The van der Waals surface area contributed by atoms with Crippen LogP contribution in [0.5, 0.6) is 0 Å². The van der Waals surface area contributed by atoms with Crippen molar-refractivity contribution in [2.24, 2.45) is 0 Å². The smallest absolute Gasteiger partial charge is 0.249 e. The Morgan fingerprint density at radius 3 is 2.45 bits per heavy atom. The molecule has 22 heavy (non-hydrogen) atoms. The van der Waals surface area contributed by atoms with Gasteiger partial charge in [0.05, 0.1) is 0 Å². The maximum absolute atomic E-state index is 14.1. The lowest BCUT2D eigenvalue weighted by Crippen LogP contribution is -2.36. The Bertz CT molecular complexity index is 668. The number of amides is 1. The maximum Gasteiger partial charge on any atom is 0.249 e. The van der Waals surface area contributed by atoms with Crippen LogP contribution in [0.2, 0.25) is 0 Å². The van der Waals surface area contributed by atoms with Gasteiger partial charge in [-0.05, 0) is 31.4 Å². The molecule has 1 fully saturated rings. The largest absolute Gasteiger partial charge is 0.326 e. The molecule has 0 unspecified atom stereocenters. The Morgan fingerprint density at radius 2 is 1.95 bits per heavy atom. The lowest BCUT2D eigenvalue weighted by atomic mass is 10.2. The number of rotatable bonds is 4. The van der Waals surface area contributed by atoms with Crippen LogP contribution < -0.4 is 5.32 Å². The van der Waals surface area contributed by atoms with Gasteiger partial charge in [0.2, 0.25) is 15.9 Å². The van der Waals surface area contributed by atoms with E-state index in [9.17, 15) is 22.0 Å². The van der Waals surface area contributed by atoms with E-state index in [1.807, 2.05) is 6.92 Å². The fourth-order valence-electron chi connectivity index (χ4n) is 2.73. The SMILES string of the molecule is CC[C@@H]1CCCN1S(=O)(=O)c1c(F)cc(NC(C)=O)cc1F. The summed E-state index contributed by atoms with van der Waals surface area (Å²) >= 11 is 0. The van der Waals surface area contributed by atoms with E-state index in [-0.39, 0.29) is 18.3 Å². The van der Waals surface area contributed by atoms with Gasteiger partial charge in [0, 0.05) is 25.2 Å². The number of hydrogen-bond acceptors (Lipinski definition) is 3. The highest BCUT2D eigenvalue weighted by Crippen LogP contribution is 2.31. The molecule has 1 aliphatic rings. The standard InChI is InChI=1S/C14H18F2N2O3S/c1-3-11-5-4-6-18(11)22(20,21)14-12(15)7-10(8-13(14)16)17-9(2)19/h7-8,11H,3-6H2,1-2H3,(H,17,19)/t11-/m1/s1. The van der Waals surface area contributed by atoms with E-state index in [1.54, 1.807) is 0 Å². The van der Waals surface area contributed by atoms with E-state index in [1.165, 1.54) is 6.92 Å². The summed E-state index contributed by atoms with van der Waals surface area (Å²) in [5.74, 6) is -2.91. The quantitative estimate of drug-likeness (QED) is 0.921. The molecule has 0 aromatic heterocycles. The summed E-state index contributed by atoms with van der Waals surface area (Å²) in [5.41, 5.74) is -0.116. The second-order valence-corrected chi connectivity index (χ2v) is 7.10. The highest BCUT2D eigenvalue weighted by Gasteiger charge is 2.37. The van der Waals surface area contributed by atoms with Crippen molar-refractivity contribution in [3.05, 3.63) is 23.8 Å². The van der Waals surface area contributed by atoms with Crippen molar-refractivity contribution in [3.63, 3.8) is 0 Å². The van der Waals surface area contributed by atoms with Crippen molar-refractivity contribution in [2.75, 3.05) is 11.9 Å². The van der Waals surface area contributed by atoms with Gasteiger partial charge < -0.3 is 5.32 Å². The molecule has 8 heteroatoms. The third kappa shape index (κ3) is 3.12. The predicted molar refractivity (Wildman–Crippen MR) is 77.9 cm³/mol. The Morgan fingerprint density at radius 1 is 1.36 bits per heavy atom. The molecule has 1 aromatic carbocycles. The molecule has 5 nitrogen and oxygen atoms in total. The average Bonchev–Trinajstić information content (AvgIpc) is 2.85. The molecule has 0 radical (unpaired) electrons. The molecule has 0 aliphatic carbocycles. The van der Waals surface area contributed by atoms with Crippen molar-refractivity contribution in [2.45, 2.75) is 44.0 Å². The number of hydrogen-bond donors (Lipinski definition) is 1. The Hall–Kier alpha value is -1.54. The molecular formula is C14H18F2N2O3S. The molecule has 122 valence electrons. The molecule has 1 N–H and O–H groups in total. The number of sulfonamides is 1. The Balaban J connectivity index is 2.45. The van der Waals surface area contributed by atoms with Gasteiger partial charge in [0.1, 0.15) is 11.6 Å². The summed E-state index contributed by atoms with van der Waals surface area (Å²) in [6.07, 6.45) is 1.94. The van der Waals surface area contributed by atoms with Gasteiger partial charge >= 0.3 is 0 Å². The molecule has 1 amide bonds. The number of halogens is 2. The van der Waals surface area contributed by atoms with Gasteiger partial charge in [-0.15, -0.1) is 0 Å². The van der Waals surface area contributed by atoms with Crippen molar-refractivity contribution < 1.29 is 22.0 Å². The molecule has 1 heterocycles. The van der Waals surface area contributed by atoms with Crippen LogP contribution in [0.3, 0.4) is 0 Å². The van der Waals surface area contributed by atoms with E-state index in [0.29, 0.717) is 19.3 Å². The van der Waals surface area contributed by atoms with Gasteiger partial charge in [-0.3, -0.25) is 4.79 Å². The van der Waals surface area contributed by atoms with Gasteiger partial charge in [-0.2, -0.15) is 4.31 Å². The second kappa shape index (κ2) is 6.29. The first-order valence-electron chi connectivity index (χ1n) is 7.05. The van der Waals surface area contributed by atoms with Crippen LogP contribution in [-0.2, 0) is 14.8 Å². The topological polar surface area (TPSA) is 66.5 Å². The highest BCUT2D eigenvalue weighted by atomic mass is 32.2. The lowest BCUT2D eigenvalue weighted by Gasteiger charge is -2.23. The van der Waals surface area contributed by atoms with Gasteiger partial charge in [0.25, 0.3) is 0 Å². The van der Waals surface area contributed by atoms with E-state index in [2.05, 4.69) is 5.32 Å². The molecular weight excluding hydrogens is 314 g/mol. The molecule has 0 spiro atoms. The second-order valence-electron chi connectivity index (χ2n) is 5.27. The van der Waals surface area contributed by atoms with Crippen molar-refractivity contribution in [1.29, 1.82) is 0 Å². The summed E-state index contributed by atoms with van der Waals surface area (Å²) in [5, 5.41) is 2.23. The first-order chi connectivity index (χ1) is 10.3. The monoisotopic (exact) mass is 332 g/mol. The molecule has 0 bridgehead atoms. The van der Waals surface area contributed by atoms with Crippen LogP contribution in [0.25, 0.3) is 0 Å².